The SMILES string of the molecule is CC(=O)C[C@@H](CCC(N)=O)C(=O)N[C@@H](CCC(=O)O)C(=O)C[C@@H](CCC(N)=O)C(=O)N[C@@H](CCC(=O)O)C(C)=O. The molecule has 8 N–H and O–H groups in total. The lowest BCUT2D eigenvalue weighted by Crippen LogP contribution is -2.47. The quantitative estimate of drug-likeness (QED) is 0.0916. The summed E-state index contributed by atoms with van der Waals surface area (Å²) >= 11 is 0. The second kappa shape index (κ2) is 18.2. The Balaban J connectivity index is 5.88. The smallest absolute Gasteiger partial charge is 0.303 e. The molecule has 0 fully saturated rings. The minimum Gasteiger partial charge on any atom is -0.481 e. The Labute approximate surface area is 230 Å². The number of rotatable bonds is 22. The van der Waals surface area contributed by atoms with Crippen LogP contribution in [0.5, 0.6) is 0 Å². The molecule has 4 atom stereocenters. The zero-order valence-corrected chi connectivity index (χ0v) is 22.6. The fourth-order valence-corrected chi connectivity index (χ4v) is 3.82. The summed E-state index contributed by atoms with van der Waals surface area (Å²) in [5.41, 5.74) is 10.3. The van der Waals surface area contributed by atoms with Crippen LogP contribution in [0, 0.1) is 11.8 Å². The van der Waals surface area contributed by atoms with E-state index in [1.807, 2.05) is 0 Å². The van der Waals surface area contributed by atoms with Crippen molar-refractivity contribution in [2.45, 2.75) is 90.1 Å². The van der Waals surface area contributed by atoms with E-state index in [4.69, 9.17) is 21.7 Å². The molecule has 0 heterocycles. The molecule has 0 rings (SSSR count). The largest absolute Gasteiger partial charge is 0.481 e. The van der Waals surface area contributed by atoms with Crippen molar-refractivity contribution in [2.75, 3.05) is 0 Å². The third-order valence-corrected chi connectivity index (χ3v) is 6.01. The second-order valence-corrected chi connectivity index (χ2v) is 9.58. The Bertz CT molecular complexity index is 995. The predicted octanol–water partition coefficient (Wildman–Crippen LogP) is -1.02. The van der Waals surface area contributed by atoms with Crippen LogP contribution in [0.3, 0.4) is 0 Å². The number of carboxylic acids is 2. The molecule has 0 aromatic carbocycles. The molecule has 4 amide bonds. The van der Waals surface area contributed by atoms with Crippen molar-refractivity contribution in [2.24, 2.45) is 23.3 Å². The number of amides is 4. The van der Waals surface area contributed by atoms with E-state index in [-0.39, 0.29) is 50.7 Å². The molecule has 15 heteroatoms. The van der Waals surface area contributed by atoms with Crippen LogP contribution in [0.4, 0.5) is 0 Å². The average molecular weight is 571 g/mol. The Morgan fingerprint density at radius 3 is 1.38 bits per heavy atom. The molecule has 0 spiro atoms. The molecule has 40 heavy (non-hydrogen) atoms. The van der Waals surface area contributed by atoms with Crippen molar-refractivity contribution in [3.8, 4) is 0 Å². The lowest BCUT2D eigenvalue weighted by atomic mass is 9.90. The third-order valence-electron chi connectivity index (χ3n) is 6.01. The van der Waals surface area contributed by atoms with E-state index in [1.165, 1.54) is 6.92 Å². The molecule has 0 aliphatic rings. The number of hydrogen-bond donors (Lipinski definition) is 6. The summed E-state index contributed by atoms with van der Waals surface area (Å²) in [5.74, 6) is -9.50. The summed E-state index contributed by atoms with van der Waals surface area (Å²) in [7, 11) is 0. The van der Waals surface area contributed by atoms with Gasteiger partial charge in [0.2, 0.25) is 23.6 Å². The van der Waals surface area contributed by atoms with Crippen molar-refractivity contribution in [1.82, 2.24) is 10.6 Å². The Morgan fingerprint density at radius 1 is 0.600 bits per heavy atom. The molecule has 0 unspecified atom stereocenters. The maximum Gasteiger partial charge on any atom is 0.303 e. The van der Waals surface area contributed by atoms with Gasteiger partial charge in [-0.2, -0.15) is 0 Å². The first-order valence-corrected chi connectivity index (χ1v) is 12.7. The van der Waals surface area contributed by atoms with Crippen molar-refractivity contribution in [1.29, 1.82) is 0 Å². The Morgan fingerprint density at radius 2 is 1.00 bits per heavy atom. The zero-order chi connectivity index (χ0) is 31.0. The Hall–Kier alpha value is -4.17. The molecule has 0 saturated heterocycles. The predicted molar refractivity (Wildman–Crippen MR) is 137 cm³/mol. The monoisotopic (exact) mass is 570 g/mol. The fourth-order valence-electron chi connectivity index (χ4n) is 3.82. The van der Waals surface area contributed by atoms with Gasteiger partial charge >= 0.3 is 11.9 Å². The molecule has 0 aromatic heterocycles. The molecule has 0 saturated carbocycles. The number of ketones is 3. The fraction of sp³-hybridized carbons (Fsp3) is 0.640. The first-order chi connectivity index (χ1) is 18.5. The minimum absolute atomic E-state index is 0.0903. The van der Waals surface area contributed by atoms with E-state index in [0.29, 0.717) is 0 Å². The van der Waals surface area contributed by atoms with Gasteiger partial charge in [-0.05, 0) is 39.5 Å². The van der Waals surface area contributed by atoms with Crippen LogP contribution in [-0.4, -0.2) is 75.2 Å². The maximum absolute atomic E-state index is 13.2. The van der Waals surface area contributed by atoms with E-state index < -0.39 is 90.3 Å². The van der Waals surface area contributed by atoms with Crippen molar-refractivity contribution < 1.29 is 53.4 Å². The van der Waals surface area contributed by atoms with Gasteiger partial charge in [-0.3, -0.25) is 38.4 Å². The highest BCUT2D eigenvalue weighted by Gasteiger charge is 2.32. The first-order valence-electron chi connectivity index (χ1n) is 12.7. The highest BCUT2D eigenvalue weighted by atomic mass is 16.4. The van der Waals surface area contributed by atoms with Crippen molar-refractivity contribution in [3.63, 3.8) is 0 Å². The lowest BCUT2D eigenvalue weighted by molar-refractivity contribution is -0.139. The maximum atomic E-state index is 13.2. The van der Waals surface area contributed by atoms with Crippen LogP contribution in [0.2, 0.25) is 0 Å². The Kier molecular flexibility index (Phi) is 16.3. The summed E-state index contributed by atoms with van der Waals surface area (Å²) in [5, 5.41) is 22.8. The van der Waals surface area contributed by atoms with Crippen molar-refractivity contribution >= 4 is 52.9 Å². The number of carbonyl (C=O) groups is 9. The van der Waals surface area contributed by atoms with Gasteiger partial charge in [0.25, 0.3) is 0 Å². The normalized spacial score (nSPS) is 13.7. The number of Topliss-reactive ketones (excluding diaryl/α,β-unsaturated/α-hetero) is 3. The third kappa shape index (κ3) is 15.9. The standard InChI is InChI=1S/C25H38N4O11/c1-13(30)11-15(3-7-20(26)33)24(39)29-18(6-10-23(37)38)19(32)12-16(4-8-21(27)34)25(40)28-17(14(2)31)5-9-22(35)36/h15-18H,3-12H2,1-2H3,(H2,26,33)(H2,27,34)(H,28,40)(H,29,39)(H,35,36)(H,37,38)/t15-,16-,17+,18+/m1/s1. The topological polar surface area (TPSA) is 270 Å². The van der Waals surface area contributed by atoms with Gasteiger partial charge in [-0.1, -0.05) is 0 Å². The van der Waals surface area contributed by atoms with Gasteiger partial charge in [0.1, 0.15) is 5.78 Å². The van der Waals surface area contributed by atoms with Gasteiger partial charge in [-0.15, -0.1) is 0 Å². The van der Waals surface area contributed by atoms with E-state index in [0.717, 1.165) is 6.92 Å². The van der Waals surface area contributed by atoms with Crippen LogP contribution in [0.15, 0.2) is 0 Å². The van der Waals surface area contributed by atoms with E-state index in [9.17, 15) is 43.2 Å². The molecule has 0 aromatic rings. The number of nitrogens with one attached hydrogen (secondary N) is 2. The van der Waals surface area contributed by atoms with E-state index in [2.05, 4.69) is 10.6 Å². The van der Waals surface area contributed by atoms with Crippen LogP contribution in [-0.2, 0) is 43.2 Å². The number of carbonyl (C=O) groups excluding carboxylic acids is 7. The molecule has 0 aliphatic heterocycles. The summed E-state index contributed by atoms with van der Waals surface area (Å²) < 4.78 is 0. The van der Waals surface area contributed by atoms with Crippen molar-refractivity contribution in [3.05, 3.63) is 0 Å². The number of aliphatic carboxylic acids is 2. The van der Waals surface area contributed by atoms with Crippen LogP contribution in [0.1, 0.15) is 78.1 Å². The number of nitrogens with two attached hydrogens (primary N) is 2. The summed E-state index contributed by atoms with van der Waals surface area (Å²) in [6, 6.07) is -2.57. The van der Waals surface area contributed by atoms with Gasteiger partial charge in [-0.25, -0.2) is 0 Å². The zero-order valence-electron chi connectivity index (χ0n) is 22.6. The molecule has 224 valence electrons. The molecular weight excluding hydrogens is 532 g/mol. The van der Waals surface area contributed by atoms with Crippen LogP contribution in [0.25, 0.3) is 0 Å². The van der Waals surface area contributed by atoms with Gasteiger partial charge in [0, 0.05) is 50.4 Å². The number of carboxylic acid groups (broad SMARTS) is 2. The number of primary amides is 2. The minimum atomic E-state index is -1.40. The molecule has 0 radical (unpaired) electrons. The molecule has 0 bridgehead atoms. The first kappa shape index (κ1) is 35.8. The van der Waals surface area contributed by atoms with Crippen LogP contribution < -0.4 is 22.1 Å². The highest BCUT2D eigenvalue weighted by Crippen LogP contribution is 2.18. The number of hydrogen-bond acceptors (Lipinski definition) is 9. The summed E-state index contributed by atoms with van der Waals surface area (Å²) in [4.78, 5) is 107. The lowest BCUT2D eigenvalue weighted by Gasteiger charge is -2.24. The average Bonchev–Trinajstić information content (AvgIpc) is 2.83. The molecule has 15 nitrogen and oxygen atoms in total. The van der Waals surface area contributed by atoms with Crippen LogP contribution >= 0.6 is 0 Å². The molecule has 0 aliphatic carbocycles. The second-order valence-electron chi connectivity index (χ2n) is 9.58. The highest BCUT2D eigenvalue weighted by molar-refractivity contribution is 5.95. The van der Waals surface area contributed by atoms with E-state index >= 15 is 0 Å². The molecular formula is C25H38N4O11. The van der Waals surface area contributed by atoms with Gasteiger partial charge < -0.3 is 37.1 Å². The summed E-state index contributed by atoms with van der Waals surface area (Å²) in [6.45, 7) is 2.37. The van der Waals surface area contributed by atoms with Gasteiger partial charge in [0.05, 0.1) is 12.1 Å². The van der Waals surface area contributed by atoms with Gasteiger partial charge in [0.15, 0.2) is 11.6 Å². The van der Waals surface area contributed by atoms with E-state index in [1.54, 1.807) is 0 Å². The summed E-state index contributed by atoms with van der Waals surface area (Å²) in [6.07, 6.45) is -3.20.